The molecule has 0 saturated carbocycles. The van der Waals surface area contributed by atoms with E-state index in [1.165, 1.54) is 5.01 Å². The SMILES string of the molecule is COc1ccc([C@H]2CC(c3ccc4ccccc4c3)=NN2C(=O)CN2C(=O)CCC2=O)cc1. The predicted molar refractivity (Wildman–Crippen MR) is 124 cm³/mol. The zero-order chi connectivity index (χ0) is 22.9. The fourth-order valence-electron chi connectivity index (χ4n) is 4.38. The molecule has 5 rings (SSSR count). The van der Waals surface area contributed by atoms with E-state index in [1.54, 1.807) is 7.11 Å². The van der Waals surface area contributed by atoms with Crippen molar-refractivity contribution < 1.29 is 19.1 Å². The Hall–Kier alpha value is -4.00. The molecule has 166 valence electrons. The van der Waals surface area contributed by atoms with Crippen molar-refractivity contribution in [3.05, 3.63) is 77.9 Å². The van der Waals surface area contributed by atoms with Gasteiger partial charge in [-0.2, -0.15) is 5.10 Å². The third-order valence-corrected chi connectivity index (χ3v) is 6.20. The van der Waals surface area contributed by atoms with Crippen LogP contribution in [0.15, 0.2) is 71.8 Å². The van der Waals surface area contributed by atoms with Gasteiger partial charge in [0.1, 0.15) is 12.3 Å². The first-order valence-electron chi connectivity index (χ1n) is 10.9. The monoisotopic (exact) mass is 441 g/mol. The highest BCUT2D eigenvalue weighted by Crippen LogP contribution is 2.34. The van der Waals surface area contributed by atoms with Crippen LogP contribution >= 0.6 is 0 Å². The third-order valence-electron chi connectivity index (χ3n) is 6.20. The van der Waals surface area contributed by atoms with Crippen molar-refractivity contribution >= 4 is 34.2 Å². The molecule has 2 aliphatic rings. The molecule has 1 saturated heterocycles. The van der Waals surface area contributed by atoms with E-state index in [0.29, 0.717) is 6.42 Å². The number of benzene rings is 3. The number of rotatable bonds is 5. The molecule has 2 aliphatic heterocycles. The zero-order valence-electron chi connectivity index (χ0n) is 18.2. The molecule has 7 heteroatoms. The van der Waals surface area contributed by atoms with Gasteiger partial charge in [-0.25, -0.2) is 5.01 Å². The molecule has 0 aliphatic carbocycles. The van der Waals surface area contributed by atoms with E-state index >= 15 is 0 Å². The Morgan fingerprint density at radius 2 is 1.67 bits per heavy atom. The third kappa shape index (κ3) is 3.98. The highest BCUT2D eigenvalue weighted by Gasteiger charge is 2.37. The molecule has 3 amide bonds. The average molecular weight is 441 g/mol. The average Bonchev–Trinajstić information content (AvgIpc) is 3.43. The summed E-state index contributed by atoms with van der Waals surface area (Å²) < 4.78 is 5.26. The molecule has 1 fully saturated rings. The van der Waals surface area contributed by atoms with Crippen LogP contribution in [-0.4, -0.2) is 47.0 Å². The number of nitrogens with zero attached hydrogens (tertiary/aromatic N) is 3. The van der Waals surface area contributed by atoms with Crippen molar-refractivity contribution in [3.8, 4) is 5.75 Å². The number of hydrogen-bond donors (Lipinski definition) is 0. The van der Waals surface area contributed by atoms with Gasteiger partial charge >= 0.3 is 0 Å². The summed E-state index contributed by atoms with van der Waals surface area (Å²) in [7, 11) is 1.60. The quantitative estimate of drug-likeness (QED) is 0.566. The topological polar surface area (TPSA) is 79.3 Å². The van der Waals surface area contributed by atoms with Crippen LogP contribution in [0.3, 0.4) is 0 Å². The number of carbonyl (C=O) groups is 3. The molecule has 3 aromatic rings. The standard InChI is InChI=1S/C26H23N3O4/c1-33-21-10-8-18(9-11-21)23-15-22(20-7-6-17-4-2-3-5-19(17)14-20)27-29(23)26(32)16-28-24(30)12-13-25(28)31/h2-11,14,23H,12-13,15-16H2,1H3/t23-/m1/s1. The van der Waals surface area contributed by atoms with Gasteiger partial charge in [-0.3, -0.25) is 19.3 Å². The van der Waals surface area contributed by atoms with Crippen molar-refractivity contribution in [1.82, 2.24) is 9.91 Å². The Kier molecular flexibility index (Phi) is 5.38. The minimum atomic E-state index is -0.379. The van der Waals surface area contributed by atoms with Crippen LogP contribution in [0.1, 0.15) is 36.4 Å². The summed E-state index contributed by atoms with van der Waals surface area (Å²) in [6.07, 6.45) is 0.831. The molecular weight excluding hydrogens is 418 g/mol. The number of ether oxygens (including phenoxy) is 1. The fraction of sp³-hybridized carbons (Fsp3) is 0.231. The summed E-state index contributed by atoms with van der Waals surface area (Å²) in [5, 5.41) is 8.32. The summed E-state index contributed by atoms with van der Waals surface area (Å²) in [6, 6.07) is 21.4. The molecule has 1 atom stereocenters. The highest BCUT2D eigenvalue weighted by atomic mass is 16.5. The number of imide groups is 1. The zero-order valence-corrected chi connectivity index (χ0v) is 18.2. The summed E-state index contributed by atoms with van der Waals surface area (Å²) >= 11 is 0. The molecule has 0 spiro atoms. The van der Waals surface area contributed by atoms with Gasteiger partial charge in [0.25, 0.3) is 5.91 Å². The van der Waals surface area contributed by atoms with Gasteiger partial charge in [-0.05, 0) is 40.1 Å². The van der Waals surface area contributed by atoms with E-state index in [0.717, 1.165) is 38.3 Å². The van der Waals surface area contributed by atoms with Gasteiger partial charge in [0.15, 0.2) is 0 Å². The molecule has 33 heavy (non-hydrogen) atoms. The largest absolute Gasteiger partial charge is 0.497 e. The van der Waals surface area contributed by atoms with E-state index in [4.69, 9.17) is 4.74 Å². The number of fused-ring (bicyclic) bond motifs is 1. The lowest BCUT2D eigenvalue weighted by Gasteiger charge is -2.24. The van der Waals surface area contributed by atoms with Crippen molar-refractivity contribution in [1.29, 1.82) is 0 Å². The number of carbonyl (C=O) groups excluding carboxylic acids is 3. The van der Waals surface area contributed by atoms with Gasteiger partial charge in [0.2, 0.25) is 11.8 Å². The van der Waals surface area contributed by atoms with E-state index in [9.17, 15) is 14.4 Å². The first-order valence-corrected chi connectivity index (χ1v) is 10.9. The van der Waals surface area contributed by atoms with Crippen molar-refractivity contribution in [3.63, 3.8) is 0 Å². The maximum atomic E-state index is 13.2. The molecule has 0 aromatic heterocycles. The number of hydrogen-bond acceptors (Lipinski definition) is 5. The minimum absolute atomic E-state index is 0.152. The van der Waals surface area contributed by atoms with Crippen LogP contribution in [0, 0.1) is 0 Å². The summed E-state index contributed by atoms with van der Waals surface area (Å²) in [5.41, 5.74) is 2.63. The molecule has 0 unspecified atom stereocenters. The summed E-state index contributed by atoms with van der Waals surface area (Å²) in [4.78, 5) is 38.4. The molecule has 0 bridgehead atoms. The van der Waals surface area contributed by atoms with E-state index in [1.807, 2.05) is 54.6 Å². The van der Waals surface area contributed by atoms with Crippen LogP contribution in [0.5, 0.6) is 5.75 Å². The van der Waals surface area contributed by atoms with Crippen LogP contribution in [0.25, 0.3) is 10.8 Å². The fourth-order valence-corrected chi connectivity index (χ4v) is 4.38. The molecule has 2 heterocycles. The van der Waals surface area contributed by atoms with E-state index < -0.39 is 0 Å². The Morgan fingerprint density at radius 3 is 2.36 bits per heavy atom. The van der Waals surface area contributed by atoms with E-state index in [2.05, 4.69) is 17.2 Å². The van der Waals surface area contributed by atoms with Crippen LogP contribution < -0.4 is 4.74 Å². The summed E-state index contributed by atoms with van der Waals surface area (Å²) in [6.45, 7) is -0.293. The van der Waals surface area contributed by atoms with Crippen LogP contribution in [0.4, 0.5) is 0 Å². The molecule has 0 N–H and O–H groups in total. The Labute approximate surface area is 191 Å². The van der Waals surface area contributed by atoms with Crippen LogP contribution in [0.2, 0.25) is 0 Å². The second-order valence-corrected chi connectivity index (χ2v) is 8.21. The highest BCUT2D eigenvalue weighted by molar-refractivity contribution is 6.07. The Balaban J connectivity index is 1.48. The maximum absolute atomic E-state index is 13.2. The van der Waals surface area contributed by atoms with Crippen LogP contribution in [-0.2, 0) is 14.4 Å². The normalized spacial score (nSPS) is 18.2. The van der Waals surface area contributed by atoms with E-state index in [-0.39, 0.29) is 43.1 Å². The molecule has 7 nitrogen and oxygen atoms in total. The first-order chi connectivity index (χ1) is 16.0. The van der Waals surface area contributed by atoms with Gasteiger partial charge < -0.3 is 4.74 Å². The van der Waals surface area contributed by atoms with Gasteiger partial charge in [0, 0.05) is 19.3 Å². The maximum Gasteiger partial charge on any atom is 0.263 e. The second-order valence-electron chi connectivity index (χ2n) is 8.21. The minimum Gasteiger partial charge on any atom is -0.497 e. The Bertz CT molecular complexity index is 1270. The lowest BCUT2D eigenvalue weighted by atomic mass is 9.97. The van der Waals surface area contributed by atoms with Crippen molar-refractivity contribution in [2.45, 2.75) is 25.3 Å². The molecular formula is C26H23N3O4. The number of amides is 3. The lowest BCUT2D eigenvalue weighted by Crippen LogP contribution is -2.40. The lowest BCUT2D eigenvalue weighted by molar-refractivity contribution is -0.146. The first kappa shape index (κ1) is 20.9. The summed E-state index contributed by atoms with van der Waals surface area (Å²) in [5.74, 6) is -0.284. The number of hydrazone groups is 1. The predicted octanol–water partition coefficient (Wildman–Crippen LogP) is 3.68. The van der Waals surface area contributed by atoms with Gasteiger partial charge in [-0.15, -0.1) is 0 Å². The van der Waals surface area contributed by atoms with Gasteiger partial charge in [0.05, 0.1) is 18.9 Å². The smallest absolute Gasteiger partial charge is 0.263 e. The number of likely N-dealkylation sites (tertiary alicyclic amines) is 1. The molecule has 3 aromatic carbocycles. The second kappa shape index (κ2) is 8.50. The molecule has 0 radical (unpaired) electrons. The van der Waals surface area contributed by atoms with Crippen molar-refractivity contribution in [2.75, 3.05) is 13.7 Å². The van der Waals surface area contributed by atoms with Crippen molar-refractivity contribution in [2.24, 2.45) is 5.10 Å². The van der Waals surface area contributed by atoms with Gasteiger partial charge in [-0.1, -0.05) is 48.5 Å². The Morgan fingerprint density at radius 1 is 0.970 bits per heavy atom. The number of methoxy groups -OCH3 is 1.